The van der Waals surface area contributed by atoms with E-state index in [1.165, 1.54) is 10.5 Å². The first-order valence-corrected chi connectivity index (χ1v) is 6.76. The van der Waals surface area contributed by atoms with E-state index < -0.39 is 0 Å². The van der Waals surface area contributed by atoms with Gasteiger partial charge in [0.2, 0.25) is 0 Å². The highest BCUT2D eigenvalue weighted by Crippen LogP contribution is 2.24. The first-order valence-electron chi connectivity index (χ1n) is 5.77. The van der Waals surface area contributed by atoms with Crippen LogP contribution in [-0.2, 0) is 12.8 Å². The fraction of sp³-hybridized carbons (Fsp3) is 0.143. The molecule has 0 spiro atoms. The summed E-state index contributed by atoms with van der Waals surface area (Å²) in [5.74, 6) is 0.967. The van der Waals surface area contributed by atoms with Gasteiger partial charge in [-0.05, 0) is 11.6 Å². The van der Waals surface area contributed by atoms with Crippen molar-refractivity contribution < 1.29 is 0 Å². The maximum absolute atomic E-state index is 4.43. The third kappa shape index (κ3) is 2.24. The van der Waals surface area contributed by atoms with Crippen LogP contribution in [-0.4, -0.2) is 14.8 Å². The summed E-state index contributed by atoms with van der Waals surface area (Å²) in [6, 6.07) is 12.6. The number of thioether (sulfide) groups is 1. The van der Waals surface area contributed by atoms with Crippen LogP contribution in [0.2, 0.25) is 0 Å². The number of aryl methyl sites for hydroxylation is 1. The number of benzene rings is 1. The zero-order valence-corrected chi connectivity index (χ0v) is 10.9. The number of fused-ring (bicyclic) bond motifs is 1. The minimum atomic E-state index is 0.930. The molecule has 0 N–H and O–H groups in total. The summed E-state index contributed by atoms with van der Waals surface area (Å²) in [7, 11) is 1.91. The van der Waals surface area contributed by atoms with Crippen LogP contribution in [0, 0.1) is 0 Å². The predicted molar refractivity (Wildman–Crippen MR) is 74.5 cm³/mol. The second-order valence-corrected chi connectivity index (χ2v) is 5.18. The van der Waals surface area contributed by atoms with E-state index in [1.807, 2.05) is 25.5 Å². The molecule has 0 saturated carbocycles. The molecule has 18 heavy (non-hydrogen) atoms. The number of nitrogens with zero attached hydrogens (tertiary/aromatic N) is 3. The van der Waals surface area contributed by atoms with Gasteiger partial charge in [0.05, 0.1) is 6.20 Å². The van der Waals surface area contributed by atoms with Gasteiger partial charge >= 0.3 is 0 Å². The molecule has 4 heteroatoms. The van der Waals surface area contributed by atoms with Gasteiger partial charge in [-0.2, -0.15) is 5.10 Å². The second-order valence-electron chi connectivity index (χ2n) is 4.13. The third-order valence-corrected chi connectivity index (χ3v) is 3.83. The van der Waals surface area contributed by atoms with Crippen molar-refractivity contribution in [1.29, 1.82) is 0 Å². The molecule has 0 atom stereocenters. The van der Waals surface area contributed by atoms with E-state index in [4.69, 9.17) is 0 Å². The lowest BCUT2D eigenvalue weighted by Gasteiger charge is -2.02. The van der Waals surface area contributed by atoms with E-state index in [1.54, 1.807) is 16.4 Å². The summed E-state index contributed by atoms with van der Waals surface area (Å²) in [5.41, 5.74) is 2.26. The first kappa shape index (κ1) is 11.3. The van der Waals surface area contributed by atoms with Crippen molar-refractivity contribution in [2.75, 3.05) is 0 Å². The van der Waals surface area contributed by atoms with Crippen molar-refractivity contribution in [1.82, 2.24) is 14.8 Å². The largest absolute Gasteiger partial charge is 0.250 e. The van der Waals surface area contributed by atoms with Gasteiger partial charge in [0.1, 0.15) is 0 Å². The number of pyridine rings is 1. The van der Waals surface area contributed by atoms with Gasteiger partial charge in [0, 0.05) is 29.3 Å². The highest BCUT2D eigenvalue weighted by Gasteiger charge is 2.03. The smallest absolute Gasteiger partial charge is 0.157 e. The lowest BCUT2D eigenvalue weighted by Crippen LogP contribution is -1.91. The van der Waals surface area contributed by atoms with Crippen molar-refractivity contribution in [2.24, 2.45) is 7.05 Å². The van der Waals surface area contributed by atoms with Gasteiger partial charge in [-0.3, -0.25) is 4.68 Å². The molecule has 0 radical (unpaired) electrons. The Morgan fingerprint density at radius 3 is 2.83 bits per heavy atom. The van der Waals surface area contributed by atoms with Gasteiger partial charge in [-0.25, -0.2) is 4.98 Å². The SMILES string of the molecule is Cn1ncc2cc(SCc3ccccc3)cnc21. The van der Waals surface area contributed by atoms with Gasteiger partial charge in [-0.1, -0.05) is 30.3 Å². The van der Waals surface area contributed by atoms with Crippen LogP contribution in [0.4, 0.5) is 0 Å². The Morgan fingerprint density at radius 2 is 2.00 bits per heavy atom. The number of aromatic nitrogens is 3. The van der Waals surface area contributed by atoms with E-state index in [9.17, 15) is 0 Å². The van der Waals surface area contributed by atoms with Crippen LogP contribution in [0.25, 0.3) is 11.0 Å². The molecule has 0 aliphatic heterocycles. The quantitative estimate of drug-likeness (QED) is 0.673. The summed E-state index contributed by atoms with van der Waals surface area (Å²) in [6.07, 6.45) is 3.77. The highest BCUT2D eigenvalue weighted by atomic mass is 32.2. The first-order chi connectivity index (χ1) is 8.83. The van der Waals surface area contributed by atoms with E-state index >= 15 is 0 Å². The second kappa shape index (κ2) is 4.82. The summed E-state index contributed by atoms with van der Waals surface area (Å²) in [5, 5.41) is 5.29. The zero-order valence-electron chi connectivity index (χ0n) is 10.1. The van der Waals surface area contributed by atoms with Crippen LogP contribution in [0.15, 0.2) is 53.7 Å². The van der Waals surface area contributed by atoms with E-state index in [-0.39, 0.29) is 0 Å². The number of hydrogen-bond donors (Lipinski definition) is 0. The average Bonchev–Trinajstić information content (AvgIpc) is 2.79. The monoisotopic (exact) mass is 255 g/mol. The molecule has 2 heterocycles. The Balaban J connectivity index is 1.79. The van der Waals surface area contributed by atoms with Crippen molar-refractivity contribution in [3.8, 4) is 0 Å². The van der Waals surface area contributed by atoms with Crippen molar-refractivity contribution in [3.63, 3.8) is 0 Å². The maximum atomic E-state index is 4.43. The van der Waals surface area contributed by atoms with Crippen LogP contribution in [0.5, 0.6) is 0 Å². The molecule has 3 rings (SSSR count). The predicted octanol–water partition coefficient (Wildman–Crippen LogP) is 3.26. The molecule has 0 saturated heterocycles. The Kier molecular flexibility index (Phi) is 3.02. The fourth-order valence-corrected chi connectivity index (χ4v) is 2.71. The van der Waals surface area contributed by atoms with Gasteiger partial charge in [-0.15, -0.1) is 11.8 Å². The molecule has 90 valence electrons. The molecular formula is C14H13N3S. The Hall–Kier alpha value is -1.81. The van der Waals surface area contributed by atoms with Crippen LogP contribution < -0.4 is 0 Å². The van der Waals surface area contributed by atoms with E-state index in [0.29, 0.717) is 0 Å². The third-order valence-electron chi connectivity index (χ3n) is 2.79. The lowest BCUT2D eigenvalue weighted by atomic mass is 10.2. The minimum absolute atomic E-state index is 0.930. The summed E-state index contributed by atoms with van der Waals surface area (Å²) in [4.78, 5) is 5.61. The van der Waals surface area contributed by atoms with Gasteiger partial charge in [0.25, 0.3) is 0 Å². The average molecular weight is 255 g/mol. The van der Waals surface area contributed by atoms with Crippen LogP contribution >= 0.6 is 11.8 Å². The van der Waals surface area contributed by atoms with Gasteiger partial charge in [0.15, 0.2) is 5.65 Å². The Morgan fingerprint density at radius 1 is 1.17 bits per heavy atom. The van der Waals surface area contributed by atoms with Crippen molar-refractivity contribution in [2.45, 2.75) is 10.6 Å². The number of rotatable bonds is 3. The molecule has 1 aromatic carbocycles. The van der Waals surface area contributed by atoms with Crippen molar-refractivity contribution >= 4 is 22.8 Å². The van der Waals surface area contributed by atoms with Crippen LogP contribution in [0.3, 0.4) is 0 Å². The summed E-state index contributed by atoms with van der Waals surface area (Å²) < 4.78 is 1.79. The lowest BCUT2D eigenvalue weighted by molar-refractivity contribution is 0.786. The standard InChI is InChI=1S/C14H13N3S/c1-17-14-12(8-16-17)7-13(9-15-14)18-10-11-5-3-2-4-6-11/h2-9H,10H2,1H3. The minimum Gasteiger partial charge on any atom is -0.250 e. The summed E-state index contributed by atoms with van der Waals surface area (Å²) >= 11 is 1.80. The molecule has 0 aliphatic rings. The van der Waals surface area contributed by atoms with Gasteiger partial charge < -0.3 is 0 Å². The molecule has 0 aliphatic carbocycles. The molecule has 0 fully saturated rings. The van der Waals surface area contributed by atoms with E-state index in [0.717, 1.165) is 16.8 Å². The highest BCUT2D eigenvalue weighted by molar-refractivity contribution is 7.98. The zero-order chi connectivity index (χ0) is 12.4. The Bertz CT molecular complexity index is 661. The number of hydrogen-bond acceptors (Lipinski definition) is 3. The molecule has 0 bridgehead atoms. The molecule has 2 aromatic heterocycles. The molecular weight excluding hydrogens is 242 g/mol. The normalized spacial score (nSPS) is 10.9. The molecule has 0 unspecified atom stereocenters. The maximum Gasteiger partial charge on any atom is 0.157 e. The summed E-state index contributed by atoms with van der Waals surface area (Å²) in [6.45, 7) is 0. The fourth-order valence-electron chi connectivity index (χ4n) is 1.84. The molecule has 3 nitrogen and oxygen atoms in total. The van der Waals surface area contributed by atoms with Crippen molar-refractivity contribution in [3.05, 3.63) is 54.4 Å². The Labute approximate surface area is 110 Å². The van der Waals surface area contributed by atoms with Crippen LogP contribution in [0.1, 0.15) is 5.56 Å². The molecule has 0 amide bonds. The molecule has 3 aromatic rings. The van der Waals surface area contributed by atoms with E-state index in [2.05, 4.69) is 40.4 Å². The topological polar surface area (TPSA) is 30.7 Å².